The summed E-state index contributed by atoms with van der Waals surface area (Å²) in [6.45, 7) is 1.52. The fourth-order valence-electron chi connectivity index (χ4n) is 3.25. The molecule has 148 valence electrons. The Morgan fingerprint density at radius 2 is 1.89 bits per heavy atom. The zero-order chi connectivity index (χ0) is 20.1. The normalized spacial score (nSPS) is 14.7. The lowest BCUT2D eigenvalue weighted by molar-refractivity contribution is -0.384. The number of benzene rings is 1. The Balaban J connectivity index is 1.43. The van der Waals surface area contributed by atoms with Crippen molar-refractivity contribution in [3.05, 3.63) is 62.4 Å². The molecule has 1 aliphatic heterocycles. The van der Waals surface area contributed by atoms with Gasteiger partial charge in [0, 0.05) is 50.8 Å². The first kappa shape index (κ1) is 19.5. The molecule has 2 heterocycles. The number of nitrogens with one attached hydrogen (secondary N) is 1. The topological polar surface area (TPSA) is 110 Å². The Hall–Kier alpha value is -3.23. The molecule has 1 aliphatic rings. The number of carbonyl (C=O) groups excluding carboxylic acids is 1. The minimum atomic E-state index is -0.437. The zero-order valence-electron chi connectivity index (χ0n) is 15.7. The van der Waals surface area contributed by atoms with E-state index in [0.29, 0.717) is 12.8 Å². The Morgan fingerprint density at radius 3 is 2.50 bits per heavy atom. The van der Waals surface area contributed by atoms with Gasteiger partial charge in [0.15, 0.2) is 0 Å². The van der Waals surface area contributed by atoms with E-state index < -0.39 is 4.92 Å². The number of carbonyl (C=O) groups is 1. The lowest BCUT2D eigenvalue weighted by Gasteiger charge is -2.33. The predicted molar refractivity (Wildman–Crippen MR) is 104 cm³/mol. The third-order valence-corrected chi connectivity index (χ3v) is 4.92. The number of piperidine rings is 1. The van der Waals surface area contributed by atoms with Crippen molar-refractivity contribution in [2.45, 2.75) is 31.7 Å². The Morgan fingerprint density at radius 1 is 1.21 bits per heavy atom. The van der Waals surface area contributed by atoms with Gasteiger partial charge >= 0.3 is 0 Å². The van der Waals surface area contributed by atoms with E-state index in [9.17, 15) is 19.7 Å². The highest BCUT2D eigenvalue weighted by atomic mass is 16.6. The van der Waals surface area contributed by atoms with Crippen LogP contribution in [0.5, 0.6) is 0 Å². The summed E-state index contributed by atoms with van der Waals surface area (Å²) < 4.78 is 1.32. The van der Waals surface area contributed by atoms with Gasteiger partial charge in [0.25, 0.3) is 11.2 Å². The third kappa shape index (κ3) is 4.93. The number of nitro groups is 1. The van der Waals surface area contributed by atoms with Gasteiger partial charge in [0.05, 0.1) is 4.92 Å². The molecule has 0 radical (unpaired) electrons. The van der Waals surface area contributed by atoms with Gasteiger partial charge in [-0.15, -0.1) is 0 Å². The molecule has 1 fully saturated rings. The van der Waals surface area contributed by atoms with Crippen molar-refractivity contribution in [1.82, 2.24) is 15.1 Å². The molecule has 28 heavy (non-hydrogen) atoms. The third-order valence-electron chi connectivity index (χ3n) is 4.92. The standard InChI is InChI=1S/C19H23N5O4/c1-22-19(26)9-7-17(21-22)23-12-10-15(11-13-23)20-18(25)8-4-14-2-5-16(6-3-14)24(27)28/h2-3,5-7,9,15H,4,8,10-13H2,1H3,(H,20,25). The van der Waals surface area contributed by atoms with Crippen LogP contribution in [0, 0.1) is 10.1 Å². The van der Waals surface area contributed by atoms with Gasteiger partial charge in [-0.3, -0.25) is 19.7 Å². The minimum absolute atomic E-state index is 0.0166. The molecule has 9 heteroatoms. The number of aryl methyl sites for hydroxylation is 2. The first-order valence-electron chi connectivity index (χ1n) is 9.24. The summed E-state index contributed by atoms with van der Waals surface area (Å²) in [7, 11) is 1.63. The number of nitrogens with zero attached hydrogens (tertiary/aromatic N) is 4. The van der Waals surface area contributed by atoms with Gasteiger partial charge in [-0.2, -0.15) is 5.10 Å². The molecular formula is C19H23N5O4. The summed E-state index contributed by atoms with van der Waals surface area (Å²) in [5.41, 5.74) is 0.809. The molecular weight excluding hydrogens is 362 g/mol. The fourth-order valence-corrected chi connectivity index (χ4v) is 3.25. The first-order chi connectivity index (χ1) is 13.4. The molecule has 0 bridgehead atoms. The highest BCUT2D eigenvalue weighted by Gasteiger charge is 2.21. The number of anilines is 1. The van der Waals surface area contributed by atoms with Crippen molar-refractivity contribution >= 4 is 17.4 Å². The molecule has 0 saturated carbocycles. The summed E-state index contributed by atoms with van der Waals surface area (Å²) in [5.74, 6) is 0.752. The number of non-ortho nitro benzene ring substituents is 1. The van der Waals surface area contributed by atoms with Crippen LogP contribution in [-0.2, 0) is 18.3 Å². The summed E-state index contributed by atoms with van der Waals surface area (Å²) in [5, 5.41) is 18.0. The SMILES string of the molecule is Cn1nc(N2CCC(NC(=O)CCc3ccc([N+](=O)[O-])cc3)CC2)ccc1=O. The molecule has 9 nitrogen and oxygen atoms in total. The quantitative estimate of drug-likeness (QED) is 0.595. The average molecular weight is 385 g/mol. The van der Waals surface area contributed by atoms with E-state index in [1.54, 1.807) is 25.2 Å². The largest absolute Gasteiger partial charge is 0.355 e. The summed E-state index contributed by atoms with van der Waals surface area (Å²) in [6.07, 6.45) is 2.52. The monoisotopic (exact) mass is 385 g/mol. The van der Waals surface area contributed by atoms with Crippen molar-refractivity contribution in [2.75, 3.05) is 18.0 Å². The summed E-state index contributed by atoms with van der Waals surface area (Å²) in [6, 6.07) is 9.63. The maximum Gasteiger partial charge on any atom is 0.269 e. The molecule has 0 unspecified atom stereocenters. The molecule has 0 aliphatic carbocycles. The van der Waals surface area contributed by atoms with Crippen LogP contribution in [0.3, 0.4) is 0 Å². The lowest BCUT2D eigenvalue weighted by Crippen LogP contribution is -2.45. The molecule has 0 atom stereocenters. The molecule has 1 aromatic carbocycles. The van der Waals surface area contributed by atoms with E-state index in [1.165, 1.54) is 22.9 Å². The van der Waals surface area contributed by atoms with Crippen molar-refractivity contribution in [2.24, 2.45) is 7.05 Å². The second-order valence-electron chi connectivity index (χ2n) is 6.91. The van der Waals surface area contributed by atoms with Crippen LogP contribution in [0.25, 0.3) is 0 Å². The smallest absolute Gasteiger partial charge is 0.269 e. The van der Waals surface area contributed by atoms with Gasteiger partial charge < -0.3 is 10.2 Å². The highest BCUT2D eigenvalue weighted by molar-refractivity contribution is 5.76. The molecule has 3 rings (SSSR count). The molecule has 1 saturated heterocycles. The van der Waals surface area contributed by atoms with E-state index in [4.69, 9.17) is 0 Å². The number of aromatic nitrogens is 2. The molecule has 1 N–H and O–H groups in total. The summed E-state index contributed by atoms with van der Waals surface area (Å²) >= 11 is 0. The minimum Gasteiger partial charge on any atom is -0.355 e. The van der Waals surface area contributed by atoms with Crippen molar-refractivity contribution in [3.63, 3.8) is 0 Å². The molecule has 2 aromatic rings. The Labute approximate surface area is 162 Å². The lowest BCUT2D eigenvalue weighted by atomic mass is 10.0. The first-order valence-corrected chi connectivity index (χ1v) is 9.24. The predicted octanol–water partition coefficient (Wildman–Crippen LogP) is 1.41. The van der Waals surface area contributed by atoms with Crippen LogP contribution in [0.4, 0.5) is 11.5 Å². The van der Waals surface area contributed by atoms with Crippen LogP contribution in [-0.4, -0.2) is 39.7 Å². The Bertz CT molecular complexity index is 901. The van der Waals surface area contributed by atoms with Crippen molar-refractivity contribution in [1.29, 1.82) is 0 Å². The van der Waals surface area contributed by atoms with E-state index in [1.807, 2.05) is 0 Å². The van der Waals surface area contributed by atoms with Crippen molar-refractivity contribution in [3.8, 4) is 0 Å². The van der Waals surface area contributed by atoms with Crippen LogP contribution in [0.1, 0.15) is 24.8 Å². The van der Waals surface area contributed by atoms with E-state index >= 15 is 0 Å². The van der Waals surface area contributed by atoms with Crippen LogP contribution < -0.4 is 15.8 Å². The second kappa shape index (κ2) is 8.64. The number of hydrogen-bond donors (Lipinski definition) is 1. The maximum absolute atomic E-state index is 12.2. The second-order valence-corrected chi connectivity index (χ2v) is 6.91. The van der Waals surface area contributed by atoms with Crippen LogP contribution in [0.2, 0.25) is 0 Å². The van der Waals surface area contributed by atoms with Crippen molar-refractivity contribution < 1.29 is 9.72 Å². The average Bonchev–Trinajstić information content (AvgIpc) is 2.69. The van der Waals surface area contributed by atoms with E-state index in [2.05, 4.69) is 15.3 Å². The molecule has 1 aromatic heterocycles. The molecule has 0 spiro atoms. The maximum atomic E-state index is 12.2. The highest BCUT2D eigenvalue weighted by Crippen LogP contribution is 2.17. The van der Waals surface area contributed by atoms with Gasteiger partial charge in [0.2, 0.25) is 5.91 Å². The number of nitro benzene ring substituents is 1. The van der Waals surface area contributed by atoms with E-state index in [-0.39, 0.29) is 23.2 Å². The van der Waals surface area contributed by atoms with E-state index in [0.717, 1.165) is 37.3 Å². The van der Waals surface area contributed by atoms with Crippen LogP contribution >= 0.6 is 0 Å². The van der Waals surface area contributed by atoms with Crippen LogP contribution in [0.15, 0.2) is 41.2 Å². The number of amides is 1. The van der Waals surface area contributed by atoms with Gasteiger partial charge in [-0.05, 0) is 30.9 Å². The van der Waals surface area contributed by atoms with Gasteiger partial charge in [-0.25, -0.2) is 4.68 Å². The molecule has 1 amide bonds. The Kier molecular flexibility index (Phi) is 6.03. The number of hydrogen-bond acceptors (Lipinski definition) is 6. The summed E-state index contributed by atoms with van der Waals surface area (Å²) in [4.78, 5) is 36.0. The fraction of sp³-hybridized carbons (Fsp3) is 0.421. The zero-order valence-corrected chi connectivity index (χ0v) is 15.7. The van der Waals surface area contributed by atoms with Gasteiger partial charge in [-0.1, -0.05) is 12.1 Å². The van der Waals surface area contributed by atoms with Gasteiger partial charge in [0.1, 0.15) is 5.82 Å². The number of rotatable bonds is 6.